The molecular weight excluding hydrogens is 554 g/mol. The predicted octanol–water partition coefficient (Wildman–Crippen LogP) is 5.15. The van der Waals surface area contributed by atoms with Gasteiger partial charge in [0.25, 0.3) is 5.91 Å². The summed E-state index contributed by atoms with van der Waals surface area (Å²) in [5.41, 5.74) is 1.29. The molecule has 2 atom stereocenters. The van der Waals surface area contributed by atoms with E-state index in [2.05, 4.69) is 20.8 Å². The monoisotopic (exact) mass is 592 g/mol. The van der Waals surface area contributed by atoms with E-state index in [1.165, 1.54) is 16.8 Å². The number of hydrogen-bond donors (Lipinski definition) is 2. The molecule has 0 unspecified atom stereocenters. The van der Waals surface area contributed by atoms with E-state index >= 15 is 0 Å². The fraction of sp³-hybridized carbons (Fsp3) is 0.621. The maximum Gasteiger partial charge on any atom is 0.270 e. The van der Waals surface area contributed by atoms with Crippen LogP contribution in [0.1, 0.15) is 102 Å². The van der Waals surface area contributed by atoms with Crippen molar-refractivity contribution < 1.29 is 31.3 Å². The number of aromatic nitrogens is 5. The zero-order valence-electron chi connectivity index (χ0n) is 25.9. The van der Waals surface area contributed by atoms with E-state index in [1.807, 2.05) is 0 Å². The van der Waals surface area contributed by atoms with Crippen LogP contribution >= 0.6 is 0 Å². The van der Waals surface area contributed by atoms with Crippen molar-refractivity contribution in [2.45, 2.75) is 88.1 Å². The molecule has 3 heterocycles. The molecule has 2 N–H and O–H groups in total. The van der Waals surface area contributed by atoms with Crippen LogP contribution < -0.4 is 10.6 Å². The first-order valence-electron chi connectivity index (χ1n) is 15.9. The van der Waals surface area contributed by atoms with Gasteiger partial charge in [0.2, 0.25) is 17.8 Å². The highest BCUT2D eigenvalue weighted by atomic mass is 19.3. The molecule has 3 aliphatic carbocycles. The molecule has 0 radical (unpaired) electrons. The second-order valence-corrected chi connectivity index (χ2v) is 12.1. The first kappa shape index (κ1) is 25.0. The van der Waals surface area contributed by atoms with Crippen molar-refractivity contribution in [3.8, 4) is 0 Å². The van der Waals surface area contributed by atoms with Crippen molar-refractivity contribution in [1.29, 1.82) is 0 Å². The van der Waals surface area contributed by atoms with Gasteiger partial charge in [-0.15, -0.1) is 0 Å². The number of fused-ring (bicyclic) bond motifs is 1. The SMILES string of the molecule is [2H]C([2H])([2H])n1nccc1C(=O)N[C@H](c1cn2ncc([C@H](NC(=O)CC3CC(F)(F)C3)C3CCC3)cc2n1)C1CCC(F)(F)CC1. The van der Waals surface area contributed by atoms with Crippen molar-refractivity contribution in [3.05, 3.63) is 47.7 Å². The lowest BCUT2D eigenvalue weighted by molar-refractivity contribution is -0.134. The molecule has 6 rings (SSSR count). The zero-order valence-corrected chi connectivity index (χ0v) is 22.9. The third-order valence-electron chi connectivity index (χ3n) is 9.02. The molecule has 0 aliphatic heterocycles. The molecule has 0 aromatic carbocycles. The summed E-state index contributed by atoms with van der Waals surface area (Å²) < 4.78 is 79.9. The average molecular weight is 593 g/mol. The molecule has 3 saturated carbocycles. The minimum absolute atomic E-state index is 0.0322. The van der Waals surface area contributed by atoms with Gasteiger partial charge in [0.05, 0.1) is 30.2 Å². The van der Waals surface area contributed by atoms with Crippen LogP contribution in [0.2, 0.25) is 0 Å². The Morgan fingerprint density at radius 1 is 1.05 bits per heavy atom. The Morgan fingerprint density at radius 3 is 2.45 bits per heavy atom. The number of hydrogen-bond acceptors (Lipinski definition) is 5. The summed E-state index contributed by atoms with van der Waals surface area (Å²) in [6.07, 6.45) is 6.21. The Morgan fingerprint density at radius 2 is 1.79 bits per heavy atom. The Labute approximate surface area is 244 Å². The third-order valence-corrected chi connectivity index (χ3v) is 9.02. The summed E-state index contributed by atoms with van der Waals surface area (Å²) in [5, 5.41) is 14.1. The number of rotatable bonds is 9. The summed E-state index contributed by atoms with van der Waals surface area (Å²) in [6, 6.07) is 1.85. The van der Waals surface area contributed by atoms with Crippen molar-refractivity contribution in [3.63, 3.8) is 0 Å². The van der Waals surface area contributed by atoms with E-state index in [4.69, 9.17) is 9.10 Å². The molecular formula is C29H35F4N7O2. The van der Waals surface area contributed by atoms with Crippen LogP contribution in [0, 0.1) is 17.8 Å². The van der Waals surface area contributed by atoms with E-state index in [0.717, 1.165) is 19.3 Å². The van der Waals surface area contributed by atoms with Crippen LogP contribution in [-0.2, 0) is 11.8 Å². The van der Waals surface area contributed by atoms with E-state index in [1.54, 1.807) is 18.5 Å². The molecule has 3 aromatic heterocycles. The van der Waals surface area contributed by atoms with Crippen LogP contribution in [0.3, 0.4) is 0 Å². The Balaban J connectivity index is 1.25. The number of imidazole rings is 1. The Bertz CT molecular complexity index is 1550. The van der Waals surface area contributed by atoms with E-state index in [9.17, 15) is 27.2 Å². The fourth-order valence-corrected chi connectivity index (χ4v) is 6.42. The summed E-state index contributed by atoms with van der Waals surface area (Å²) in [6.45, 7) is -2.70. The molecule has 2 amide bonds. The molecule has 0 bridgehead atoms. The fourth-order valence-electron chi connectivity index (χ4n) is 6.42. The highest BCUT2D eigenvalue weighted by molar-refractivity contribution is 5.92. The van der Waals surface area contributed by atoms with Gasteiger partial charge in [-0.2, -0.15) is 10.2 Å². The van der Waals surface area contributed by atoms with Gasteiger partial charge < -0.3 is 10.6 Å². The first-order valence-corrected chi connectivity index (χ1v) is 14.4. The molecule has 42 heavy (non-hydrogen) atoms. The maximum absolute atomic E-state index is 14.1. The number of nitrogens with one attached hydrogen (secondary N) is 2. The van der Waals surface area contributed by atoms with Crippen LogP contribution in [0.15, 0.2) is 30.7 Å². The number of nitrogens with zero attached hydrogens (tertiary/aromatic N) is 5. The van der Waals surface area contributed by atoms with Crippen molar-refractivity contribution in [2.75, 3.05) is 0 Å². The van der Waals surface area contributed by atoms with E-state index in [0.29, 0.717) is 21.6 Å². The summed E-state index contributed by atoms with van der Waals surface area (Å²) in [4.78, 5) is 30.9. The van der Waals surface area contributed by atoms with Gasteiger partial charge in [-0.25, -0.2) is 27.1 Å². The second-order valence-electron chi connectivity index (χ2n) is 12.1. The van der Waals surface area contributed by atoms with Crippen molar-refractivity contribution in [2.24, 2.45) is 24.7 Å². The van der Waals surface area contributed by atoms with Gasteiger partial charge in [-0.1, -0.05) is 6.42 Å². The Kier molecular flexibility index (Phi) is 6.53. The van der Waals surface area contributed by atoms with Crippen LogP contribution in [-0.4, -0.2) is 48.0 Å². The van der Waals surface area contributed by atoms with Crippen LogP contribution in [0.25, 0.3) is 5.65 Å². The van der Waals surface area contributed by atoms with Crippen molar-refractivity contribution in [1.82, 2.24) is 35.0 Å². The molecule has 3 aromatic rings. The highest BCUT2D eigenvalue weighted by Crippen LogP contribution is 2.45. The highest BCUT2D eigenvalue weighted by Gasteiger charge is 2.46. The lowest BCUT2D eigenvalue weighted by Gasteiger charge is -2.37. The predicted molar refractivity (Wildman–Crippen MR) is 144 cm³/mol. The topological polar surface area (TPSA) is 106 Å². The first-order chi connectivity index (χ1) is 21.2. The standard InChI is InChI=1S/C29H35F4N7O2/c1-39-22(7-10-34-39)27(42)38-26(19-5-8-28(30,31)9-6-19)21-16-40-23(36-21)12-20(15-35-40)25(18-3-2-4-18)37-24(41)11-17-13-29(32,33)14-17/h7,10,12,15-19,25-26H,2-6,8-9,11,13-14H2,1H3,(H,37,41)(H,38,42)/t25-,26+/m1/s1/i1D3. The number of alkyl halides is 4. The maximum atomic E-state index is 14.1. The van der Waals surface area contributed by atoms with Gasteiger partial charge in [0.1, 0.15) is 5.69 Å². The van der Waals surface area contributed by atoms with Gasteiger partial charge in [-0.05, 0) is 61.1 Å². The smallest absolute Gasteiger partial charge is 0.270 e. The summed E-state index contributed by atoms with van der Waals surface area (Å²) in [5.74, 6) is -7.10. The summed E-state index contributed by atoms with van der Waals surface area (Å²) in [7, 11) is 0. The Hall–Kier alpha value is -3.51. The molecule has 13 heteroatoms. The van der Waals surface area contributed by atoms with Crippen LogP contribution in [0.4, 0.5) is 17.6 Å². The molecule has 3 aliphatic rings. The lowest BCUT2D eigenvalue weighted by Crippen LogP contribution is -2.41. The minimum atomic E-state index is -2.80. The largest absolute Gasteiger partial charge is 0.349 e. The number of halogens is 4. The van der Waals surface area contributed by atoms with Gasteiger partial charge in [-0.3, -0.25) is 14.3 Å². The van der Waals surface area contributed by atoms with Crippen molar-refractivity contribution >= 4 is 17.5 Å². The van der Waals surface area contributed by atoms with Crippen LogP contribution in [0.5, 0.6) is 0 Å². The number of aryl methyl sites for hydroxylation is 1. The zero-order chi connectivity index (χ0) is 32.1. The molecule has 0 spiro atoms. The number of amides is 2. The summed E-state index contributed by atoms with van der Waals surface area (Å²) >= 11 is 0. The molecule has 226 valence electrons. The molecule has 0 saturated heterocycles. The van der Waals surface area contributed by atoms with Gasteiger partial charge in [0, 0.05) is 49.4 Å². The number of carbonyl (C=O) groups is 2. The van der Waals surface area contributed by atoms with E-state index < -0.39 is 36.7 Å². The van der Waals surface area contributed by atoms with E-state index in [-0.39, 0.29) is 74.4 Å². The molecule has 3 fully saturated rings. The number of carbonyl (C=O) groups excluding carboxylic acids is 2. The molecule has 9 nitrogen and oxygen atoms in total. The van der Waals surface area contributed by atoms with Gasteiger partial charge >= 0.3 is 0 Å². The lowest BCUT2D eigenvalue weighted by atomic mass is 9.76. The normalized spacial score (nSPS) is 23.6. The second kappa shape index (κ2) is 11.0. The average Bonchev–Trinajstić information content (AvgIpc) is 3.57. The van der Waals surface area contributed by atoms with Gasteiger partial charge in [0.15, 0.2) is 5.65 Å². The minimum Gasteiger partial charge on any atom is -0.349 e. The quantitative estimate of drug-likeness (QED) is 0.334. The third kappa shape index (κ3) is 6.00.